The first-order valence-electron chi connectivity index (χ1n) is 11.1. The van der Waals surface area contributed by atoms with Gasteiger partial charge in [-0.2, -0.15) is 0 Å². The molecule has 6 N–H and O–H groups in total. The molecule has 3 aliphatic rings. The van der Waals surface area contributed by atoms with Crippen LogP contribution in [0.4, 0.5) is 0 Å². The fourth-order valence-corrected chi connectivity index (χ4v) is 5.34. The van der Waals surface area contributed by atoms with Gasteiger partial charge in [0.25, 0.3) is 0 Å². The molecule has 3 fully saturated rings. The van der Waals surface area contributed by atoms with Crippen molar-refractivity contribution in [3.63, 3.8) is 0 Å². The number of nitrogens with two attached hydrogens (primary N) is 1. The van der Waals surface area contributed by atoms with Crippen molar-refractivity contribution in [3.05, 3.63) is 0 Å². The summed E-state index contributed by atoms with van der Waals surface area (Å²) >= 11 is 0. The molecule has 12 atom stereocenters. The molecule has 1 saturated carbocycles. The van der Waals surface area contributed by atoms with E-state index in [2.05, 4.69) is 20.8 Å². The molecule has 1 aliphatic carbocycles. The van der Waals surface area contributed by atoms with E-state index in [1.54, 1.807) is 0 Å². The Bertz CT molecular complexity index is 523. The fourth-order valence-electron chi connectivity index (χ4n) is 5.34. The zero-order valence-corrected chi connectivity index (χ0v) is 17.8. The van der Waals surface area contributed by atoms with E-state index < -0.39 is 42.9 Å². The molecule has 2 aliphatic heterocycles. The summed E-state index contributed by atoms with van der Waals surface area (Å²) < 4.78 is 17.9. The molecule has 0 amide bonds. The van der Waals surface area contributed by atoms with Crippen molar-refractivity contribution in [1.29, 1.82) is 0 Å². The van der Waals surface area contributed by atoms with Gasteiger partial charge >= 0.3 is 0 Å². The van der Waals surface area contributed by atoms with Crippen LogP contribution in [0.1, 0.15) is 52.9 Å². The molecule has 0 spiro atoms. The highest BCUT2D eigenvalue weighted by molar-refractivity contribution is 4.99. The average molecular weight is 418 g/mol. The Kier molecular flexibility index (Phi) is 7.95. The molecule has 8 nitrogen and oxygen atoms in total. The molecule has 12 unspecified atom stereocenters. The third kappa shape index (κ3) is 4.96. The van der Waals surface area contributed by atoms with Crippen LogP contribution in [0.3, 0.4) is 0 Å². The molecule has 0 aromatic rings. The summed E-state index contributed by atoms with van der Waals surface area (Å²) in [5, 5.41) is 40.8. The highest BCUT2D eigenvalue weighted by atomic mass is 16.7. The van der Waals surface area contributed by atoms with E-state index in [-0.39, 0.29) is 37.1 Å². The minimum Gasteiger partial charge on any atom is -0.394 e. The van der Waals surface area contributed by atoms with Gasteiger partial charge in [0.15, 0.2) is 6.29 Å². The van der Waals surface area contributed by atoms with Gasteiger partial charge in [-0.15, -0.1) is 0 Å². The molecule has 29 heavy (non-hydrogen) atoms. The summed E-state index contributed by atoms with van der Waals surface area (Å²) in [7, 11) is 0. The lowest BCUT2D eigenvalue weighted by molar-refractivity contribution is -0.303. The quantitative estimate of drug-likeness (QED) is 0.426. The number of hydrogen-bond acceptors (Lipinski definition) is 8. The van der Waals surface area contributed by atoms with E-state index in [0.29, 0.717) is 12.3 Å². The van der Waals surface area contributed by atoms with Gasteiger partial charge in [0.05, 0.1) is 31.0 Å². The maximum atomic E-state index is 11.3. The van der Waals surface area contributed by atoms with Gasteiger partial charge in [-0.1, -0.05) is 20.8 Å². The van der Waals surface area contributed by atoms with E-state index in [4.69, 9.17) is 19.9 Å². The van der Waals surface area contributed by atoms with Gasteiger partial charge in [-0.05, 0) is 37.5 Å². The summed E-state index contributed by atoms with van der Waals surface area (Å²) in [6, 6.07) is -0.410. The van der Waals surface area contributed by atoms with Gasteiger partial charge in [0.2, 0.25) is 0 Å². The predicted molar refractivity (Wildman–Crippen MR) is 106 cm³/mol. The highest BCUT2D eigenvalue weighted by Crippen LogP contribution is 2.41. The normalized spacial score (nSPS) is 51.7. The van der Waals surface area contributed by atoms with Crippen molar-refractivity contribution in [2.45, 2.75) is 108 Å². The maximum Gasteiger partial charge on any atom is 0.184 e. The van der Waals surface area contributed by atoms with Gasteiger partial charge < -0.3 is 40.4 Å². The SMILES string of the molecule is CCC1CCC(C)C(C2C(C)CC(N)C(OC3OC(CO)C(O)CC3O)C2O)O1. The van der Waals surface area contributed by atoms with E-state index in [9.17, 15) is 20.4 Å². The zero-order valence-electron chi connectivity index (χ0n) is 17.8. The molecule has 2 saturated heterocycles. The summed E-state index contributed by atoms with van der Waals surface area (Å²) in [5.41, 5.74) is 6.34. The standard InChI is InChI=1S/C21H39NO7/c1-4-12-6-5-10(2)19(27-12)17-11(3)7-13(22)20(18(17)26)29-21-15(25)8-14(24)16(9-23)28-21/h10-21,23-26H,4-9,22H2,1-3H3. The summed E-state index contributed by atoms with van der Waals surface area (Å²) in [4.78, 5) is 0. The van der Waals surface area contributed by atoms with Gasteiger partial charge in [-0.3, -0.25) is 0 Å². The topological polar surface area (TPSA) is 135 Å². The number of aliphatic hydroxyl groups is 4. The smallest absolute Gasteiger partial charge is 0.184 e. The van der Waals surface area contributed by atoms with E-state index >= 15 is 0 Å². The number of hydrogen-bond donors (Lipinski definition) is 5. The van der Waals surface area contributed by atoms with Gasteiger partial charge in [0, 0.05) is 18.4 Å². The third-order valence-electron chi connectivity index (χ3n) is 7.15. The molecular weight excluding hydrogens is 378 g/mol. The van der Waals surface area contributed by atoms with Gasteiger partial charge in [-0.25, -0.2) is 0 Å². The second-order valence-electron chi connectivity index (χ2n) is 9.33. The van der Waals surface area contributed by atoms with Crippen molar-refractivity contribution >= 4 is 0 Å². The molecule has 3 rings (SSSR count). The van der Waals surface area contributed by atoms with Crippen molar-refractivity contribution in [2.24, 2.45) is 23.5 Å². The highest BCUT2D eigenvalue weighted by Gasteiger charge is 2.50. The van der Waals surface area contributed by atoms with Gasteiger partial charge in [0.1, 0.15) is 18.3 Å². The van der Waals surface area contributed by atoms with E-state index in [1.807, 2.05) is 0 Å². The Morgan fingerprint density at radius 3 is 2.38 bits per heavy atom. The zero-order chi connectivity index (χ0) is 21.3. The molecule has 2 heterocycles. The minimum atomic E-state index is -1.06. The van der Waals surface area contributed by atoms with Crippen LogP contribution in [0.2, 0.25) is 0 Å². The van der Waals surface area contributed by atoms with E-state index in [1.165, 1.54) is 0 Å². The van der Waals surface area contributed by atoms with Crippen LogP contribution in [0.5, 0.6) is 0 Å². The minimum absolute atomic E-state index is 0.0364. The Balaban J connectivity index is 1.73. The first-order chi connectivity index (χ1) is 13.8. The van der Waals surface area contributed by atoms with E-state index in [0.717, 1.165) is 19.3 Å². The maximum absolute atomic E-state index is 11.3. The van der Waals surface area contributed by atoms with Crippen molar-refractivity contribution < 1.29 is 34.6 Å². The monoisotopic (exact) mass is 417 g/mol. The fraction of sp³-hybridized carbons (Fsp3) is 1.00. The molecule has 170 valence electrons. The number of rotatable bonds is 5. The van der Waals surface area contributed by atoms with Crippen LogP contribution in [0, 0.1) is 17.8 Å². The Morgan fingerprint density at radius 2 is 1.72 bits per heavy atom. The molecular formula is C21H39NO7. The van der Waals surface area contributed by atoms with Crippen LogP contribution in [-0.4, -0.2) is 82.1 Å². The molecule has 0 radical (unpaired) electrons. The Labute approximate surface area is 173 Å². The predicted octanol–water partition coefficient (Wildman–Crippen LogP) is 0.139. The van der Waals surface area contributed by atoms with Crippen LogP contribution in [0.25, 0.3) is 0 Å². The second kappa shape index (κ2) is 9.87. The molecule has 0 aromatic heterocycles. The van der Waals surface area contributed by atoms with Crippen LogP contribution >= 0.6 is 0 Å². The van der Waals surface area contributed by atoms with Crippen LogP contribution in [0.15, 0.2) is 0 Å². The lowest BCUT2D eigenvalue weighted by atomic mass is 9.68. The number of aliphatic hydroxyl groups excluding tert-OH is 4. The van der Waals surface area contributed by atoms with Crippen LogP contribution in [-0.2, 0) is 14.2 Å². The second-order valence-corrected chi connectivity index (χ2v) is 9.33. The Morgan fingerprint density at radius 1 is 1.00 bits per heavy atom. The van der Waals surface area contributed by atoms with Crippen LogP contribution < -0.4 is 5.73 Å². The van der Waals surface area contributed by atoms with Crippen molar-refractivity contribution in [2.75, 3.05) is 6.61 Å². The number of ether oxygens (including phenoxy) is 3. The third-order valence-corrected chi connectivity index (χ3v) is 7.15. The molecule has 0 aromatic carbocycles. The lowest BCUT2D eigenvalue weighted by Gasteiger charge is -2.50. The summed E-state index contributed by atoms with van der Waals surface area (Å²) in [6.45, 7) is 6.01. The Hall–Kier alpha value is -0.320. The largest absolute Gasteiger partial charge is 0.394 e. The lowest BCUT2D eigenvalue weighted by Crippen LogP contribution is -2.62. The summed E-state index contributed by atoms with van der Waals surface area (Å²) in [6.07, 6.45) is -1.57. The average Bonchev–Trinajstić information content (AvgIpc) is 2.67. The first kappa shape index (κ1) is 23.3. The van der Waals surface area contributed by atoms with Crippen molar-refractivity contribution in [1.82, 2.24) is 0 Å². The molecule has 8 heteroatoms. The van der Waals surface area contributed by atoms with Crippen molar-refractivity contribution in [3.8, 4) is 0 Å². The molecule has 0 bridgehead atoms. The summed E-state index contributed by atoms with van der Waals surface area (Å²) in [5.74, 6) is 0.386. The first-order valence-corrected chi connectivity index (χ1v) is 11.1.